The average molecular weight is 418 g/mol. The molecule has 1 saturated heterocycles. The molecule has 2 aliphatic rings. The van der Waals surface area contributed by atoms with Crippen molar-refractivity contribution in [2.75, 3.05) is 18.4 Å². The number of hydrogen-bond donors (Lipinski definition) is 1. The molecule has 28 heavy (non-hydrogen) atoms. The van der Waals surface area contributed by atoms with Crippen molar-refractivity contribution in [2.24, 2.45) is 0 Å². The predicted octanol–water partition coefficient (Wildman–Crippen LogP) is 3.36. The molecule has 1 aromatic heterocycles. The lowest BCUT2D eigenvalue weighted by Crippen LogP contribution is -2.37. The first-order chi connectivity index (χ1) is 13.6. The van der Waals surface area contributed by atoms with Crippen LogP contribution in [0.15, 0.2) is 47.6 Å². The Kier molecular flexibility index (Phi) is 5.85. The van der Waals surface area contributed by atoms with E-state index in [1.54, 1.807) is 29.4 Å². The summed E-state index contributed by atoms with van der Waals surface area (Å²) in [7, 11) is 0. The molecule has 0 aliphatic carbocycles. The average Bonchev–Trinajstić information content (AvgIpc) is 3.17. The molecule has 146 valence electrons. The highest BCUT2D eigenvalue weighted by atomic mass is 35.5. The van der Waals surface area contributed by atoms with Crippen molar-refractivity contribution in [1.82, 2.24) is 9.88 Å². The third-order valence-electron chi connectivity index (χ3n) is 4.85. The maximum absolute atomic E-state index is 12.7. The summed E-state index contributed by atoms with van der Waals surface area (Å²) in [5, 5.41) is 2.99. The fraction of sp³-hybridized carbons (Fsp3) is 0.350. The minimum atomic E-state index is -0.432. The molecule has 2 amide bonds. The van der Waals surface area contributed by atoms with Crippen LogP contribution < -0.4 is 5.32 Å². The van der Waals surface area contributed by atoms with E-state index in [9.17, 15) is 9.59 Å². The van der Waals surface area contributed by atoms with E-state index >= 15 is 0 Å². The molecule has 1 fully saturated rings. The lowest BCUT2D eigenvalue weighted by atomic mass is 10.2. The maximum atomic E-state index is 12.7. The van der Waals surface area contributed by atoms with Gasteiger partial charge in [0.05, 0.1) is 23.6 Å². The van der Waals surface area contributed by atoms with Gasteiger partial charge in [0.15, 0.2) is 0 Å². The van der Waals surface area contributed by atoms with Crippen molar-refractivity contribution < 1.29 is 14.3 Å². The zero-order chi connectivity index (χ0) is 19.5. The Morgan fingerprint density at radius 1 is 1.32 bits per heavy atom. The second-order valence-corrected chi connectivity index (χ2v) is 8.54. The van der Waals surface area contributed by atoms with Gasteiger partial charge in [0, 0.05) is 41.8 Å². The highest BCUT2D eigenvalue weighted by molar-refractivity contribution is 8.01. The Morgan fingerprint density at radius 2 is 2.14 bits per heavy atom. The lowest BCUT2D eigenvalue weighted by molar-refractivity contribution is -0.132. The number of nitrogens with one attached hydrogen (secondary N) is 1. The van der Waals surface area contributed by atoms with Gasteiger partial charge in [-0.15, -0.1) is 11.8 Å². The third kappa shape index (κ3) is 4.48. The largest absolute Gasteiger partial charge is 0.372 e. The van der Waals surface area contributed by atoms with Crippen LogP contribution in [0.2, 0.25) is 5.02 Å². The molecule has 1 aromatic carbocycles. The molecule has 2 aliphatic heterocycles. The number of likely N-dealkylation sites (tertiary alicyclic amines) is 1. The van der Waals surface area contributed by atoms with Gasteiger partial charge in [0.25, 0.3) is 0 Å². The van der Waals surface area contributed by atoms with Crippen molar-refractivity contribution in [3.63, 3.8) is 0 Å². The van der Waals surface area contributed by atoms with Crippen LogP contribution in [0.25, 0.3) is 0 Å². The van der Waals surface area contributed by atoms with E-state index in [4.69, 9.17) is 16.3 Å². The summed E-state index contributed by atoms with van der Waals surface area (Å²) in [6, 6.07) is 9.22. The smallest absolute Gasteiger partial charge is 0.238 e. The van der Waals surface area contributed by atoms with Gasteiger partial charge in [-0.05, 0) is 42.3 Å². The molecule has 0 saturated carbocycles. The molecule has 2 atom stereocenters. The van der Waals surface area contributed by atoms with Gasteiger partial charge in [-0.3, -0.25) is 14.6 Å². The third-order valence-corrected chi connectivity index (χ3v) is 6.36. The first kappa shape index (κ1) is 19.2. The molecule has 4 rings (SSSR count). The normalized spacial score (nSPS) is 21.3. The quantitative estimate of drug-likeness (QED) is 0.807. The van der Waals surface area contributed by atoms with Gasteiger partial charge in [0.2, 0.25) is 11.8 Å². The van der Waals surface area contributed by atoms with Crippen LogP contribution in [-0.2, 0) is 20.9 Å². The van der Waals surface area contributed by atoms with E-state index in [2.05, 4.69) is 10.3 Å². The predicted molar refractivity (Wildman–Crippen MR) is 108 cm³/mol. The van der Waals surface area contributed by atoms with Crippen molar-refractivity contribution in [3.05, 3.63) is 53.3 Å². The molecule has 0 bridgehead atoms. The number of aromatic nitrogens is 1. The molecular formula is C20H20ClN3O3S. The van der Waals surface area contributed by atoms with Crippen LogP contribution in [0, 0.1) is 0 Å². The summed E-state index contributed by atoms with van der Waals surface area (Å²) in [5.74, 6) is -0.169. The van der Waals surface area contributed by atoms with Crippen LogP contribution in [0.3, 0.4) is 0 Å². The summed E-state index contributed by atoms with van der Waals surface area (Å²) in [5.41, 5.74) is 1.77. The number of nitrogens with zero attached hydrogens (tertiary/aromatic N) is 2. The number of fused-ring (bicyclic) bond motifs is 1. The highest BCUT2D eigenvalue weighted by Crippen LogP contribution is 2.38. The molecule has 6 nitrogen and oxygen atoms in total. The number of hydrogen-bond acceptors (Lipinski definition) is 5. The molecule has 8 heteroatoms. The van der Waals surface area contributed by atoms with Crippen molar-refractivity contribution >= 4 is 40.9 Å². The zero-order valence-corrected chi connectivity index (χ0v) is 16.7. The maximum Gasteiger partial charge on any atom is 0.238 e. The number of thioether (sulfide) groups is 1. The van der Waals surface area contributed by atoms with E-state index < -0.39 is 5.25 Å². The van der Waals surface area contributed by atoms with Crippen LogP contribution in [-0.4, -0.2) is 46.1 Å². The molecule has 1 N–H and O–H groups in total. The highest BCUT2D eigenvalue weighted by Gasteiger charge is 2.33. The molecule has 0 radical (unpaired) electrons. The number of anilines is 1. The van der Waals surface area contributed by atoms with E-state index in [1.165, 1.54) is 11.8 Å². The minimum absolute atomic E-state index is 0.0138. The number of carbonyl (C=O) groups is 2. The summed E-state index contributed by atoms with van der Waals surface area (Å²) in [4.78, 5) is 31.8. The van der Waals surface area contributed by atoms with Gasteiger partial charge in [-0.1, -0.05) is 11.6 Å². The number of ether oxygens (including phenoxy) is 1. The standard InChI is InChI=1S/C20H20ClN3O3S/c21-14-1-2-17-16(9-14)23-20(26)18(28-17)10-19(25)24-8-5-15(11-24)27-12-13-3-6-22-7-4-13/h1-4,6-7,9,15,18H,5,8,10-12H2,(H,23,26)/t15-,18-/m0/s1. The summed E-state index contributed by atoms with van der Waals surface area (Å²) in [6.07, 6.45) is 4.48. The Labute approximate surface area is 172 Å². The second kappa shape index (κ2) is 8.51. The van der Waals surface area contributed by atoms with E-state index in [1.807, 2.05) is 18.2 Å². The Morgan fingerprint density at radius 3 is 2.96 bits per heavy atom. The number of pyridine rings is 1. The summed E-state index contributed by atoms with van der Waals surface area (Å²) < 4.78 is 5.92. The summed E-state index contributed by atoms with van der Waals surface area (Å²) >= 11 is 7.39. The van der Waals surface area contributed by atoms with E-state index in [0.29, 0.717) is 30.4 Å². The SMILES string of the molecule is O=C1Nc2cc(Cl)ccc2S[C@H]1CC(=O)N1CC[C@H](OCc2ccncc2)C1. The number of halogens is 1. The number of benzene rings is 1. The fourth-order valence-electron chi connectivity index (χ4n) is 3.33. The Balaban J connectivity index is 1.29. The van der Waals surface area contributed by atoms with Crippen LogP contribution >= 0.6 is 23.4 Å². The second-order valence-electron chi connectivity index (χ2n) is 6.86. The Hall–Kier alpha value is -2.09. The topological polar surface area (TPSA) is 71.5 Å². The summed E-state index contributed by atoms with van der Waals surface area (Å²) in [6.45, 7) is 1.73. The van der Waals surface area contributed by atoms with Crippen molar-refractivity contribution in [2.45, 2.75) is 35.7 Å². The van der Waals surface area contributed by atoms with Gasteiger partial charge in [0.1, 0.15) is 0 Å². The molecule has 2 aromatic rings. The van der Waals surface area contributed by atoms with Crippen molar-refractivity contribution in [1.29, 1.82) is 0 Å². The van der Waals surface area contributed by atoms with Gasteiger partial charge >= 0.3 is 0 Å². The van der Waals surface area contributed by atoms with Crippen LogP contribution in [0.4, 0.5) is 5.69 Å². The Bertz CT molecular complexity index is 880. The van der Waals surface area contributed by atoms with E-state index in [-0.39, 0.29) is 24.3 Å². The van der Waals surface area contributed by atoms with Gasteiger partial charge in [-0.25, -0.2) is 0 Å². The van der Waals surface area contributed by atoms with Gasteiger partial charge in [-0.2, -0.15) is 0 Å². The first-order valence-electron chi connectivity index (χ1n) is 9.14. The number of rotatable bonds is 5. The minimum Gasteiger partial charge on any atom is -0.372 e. The zero-order valence-electron chi connectivity index (χ0n) is 15.1. The number of amides is 2. The van der Waals surface area contributed by atoms with E-state index in [0.717, 1.165) is 16.9 Å². The monoisotopic (exact) mass is 417 g/mol. The lowest BCUT2D eigenvalue weighted by Gasteiger charge is -2.25. The van der Waals surface area contributed by atoms with Gasteiger partial charge < -0.3 is 15.0 Å². The van der Waals surface area contributed by atoms with Crippen LogP contribution in [0.1, 0.15) is 18.4 Å². The van der Waals surface area contributed by atoms with Crippen LogP contribution in [0.5, 0.6) is 0 Å². The molecule has 3 heterocycles. The van der Waals surface area contributed by atoms with Crippen molar-refractivity contribution in [3.8, 4) is 0 Å². The molecule has 0 unspecified atom stereocenters. The first-order valence-corrected chi connectivity index (χ1v) is 10.4. The fourth-order valence-corrected chi connectivity index (χ4v) is 4.58. The molecular weight excluding hydrogens is 398 g/mol. The molecule has 0 spiro atoms. The number of carbonyl (C=O) groups excluding carboxylic acids is 2.